The number of rotatable bonds is 1. The molecule has 0 N–H and O–H groups in total. The van der Waals surface area contributed by atoms with E-state index in [9.17, 15) is 48.3 Å². The molecule has 2 rings (SSSR count). The molecule has 1 aromatic heterocycles. The van der Waals surface area contributed by atoms with E-state index in [1.165, 1.54) is 0 Å². The number of hydrogen-bond acceptors (Lipinski definition) is 1. The van der Waals surface area contributed by atoms with Gasteiger partial charge in [0.2, 0.25) is 5.82 Å². The van der Waals surface area contributed by atoms with Gasteiger partial charge in [-0.1, -0.05) is 0 Å². The molecule has 136 valence electrons. The molecule has 1 heterocycles. The fraction of sp³-hybridized carbons (Fsp3) is 0.154. The minimum atomic E-state index is -5.53. The fourth-order valence-corrected chi connectivity index (χ4v) is 1.88. The minimum absolute atomic E-state index is 0.279. The molecule has 0 aliphatic rings. The number of benzene rings is 1. The molecular formula is C13H2F11N. The predicted molar refractivity (Wildman–Crippen MR) is 59.5 cm³/mol. The number of hydrogen-bond donors (Lipinski definition) is 0. The molecule has 0 amide bonds. The molecule has 0 radical (unpaired) electrons. The molecule has 0 aliphatic heterocycles. The van der Waals surface area contributed by atoms with Gasteiger partial charge in [-0.2, -0.15) is 26.3 Å². The third kappa shape index (κ3) is 3.24. The predicted octanol–water partition coefficient (Wildman–Crippen LogP) is 5.48. The maximum absolute atomic E-state index is 13.7. The molecular weight excluding hydrogens is 379 g/mol. The van der Waals surface area contributed by atoms with Crippen LogP contribution in [0.4, 0.5) is 48.3 Å². The summed E-state index contributed by atoms with van der Waals surface area (Å²) in [4.78, 5) is 2.44. The van der Waals surface area contributed by atoms with Gasteiger partial charge in [-0.05, 0) is 6.07 Å². The number of aromatic nitrogens is 1. The van der Waals surface area contributed by atoms with Gasteiger partial charge in [0.05, 0.1) is 11.1 Å². The molecule has 12 heteroatoms. The summed E-state index contributed by atoms with van der Waals surface area (Å²) in [5, 5.41) is 0. The fourth-order valence-electron chi connectivity index (χ4n) is 1.88. The van der Waals surface area contributed by atoms with Crippen LogP contribution >= 0.6 is 0 Å². The summed E-state index contributed by atoms with van der Waals surface area (Å²) < 4.78 is 143. The van der Waals surface area contributed by atoms with Crippen molar-refractivity contribution in [2.24, 2.45) is 0 Å². The van der Waals surface area contributed by atoms with E-state index in [4.69, 9.17) is 0 Å². The lowest BCUT2D eigenvalue weighted by Crippen LogP contribution is -2.15. The lowest BCUT2D eigenvalue weighted by molar-refractivity contribution is -0.144. The SMILES string of the molecule is Fc1c(F)c(F)c(-c2cc(C(F)(F)F)cnc2C(F)(F)F)c(F)c1F. The zero-order valence-corrected chi connectivity index (χ0v) is 11.3. The molecule has 0 bridgehead atoms. The molecule has 1 aromatic carbocycles. The Morgan fingerprint density at radius 2 is 1.08 bits per heavy atom. The van der Waals surface area contributed by atoms with Gasteiger partial charge in [0, 0.05) is 11.8 Å². The standard InChI is InChI=1S/C13H2F11N/c14-6-5(7(15)9(17)10(18)8(6)16)4-1-3(12(19,20)21)2-25-11(4)13(22,23)24/h1-2H. The third-order valence-corrected chi connectivity index (χ3v) is 2.96. The lowest BCUT2D eigenvalue weighted by atomic mass is 9.99. The highest BCUT2D eigenvalue weighted by atomic mass is 19.4. The van der Waals surface area contributed by atoms with Crippen molar-refractivity contribution in [3.63, 3.8) is 0 Å². The van der Waals surface area contributed by atoms with E-state index in [0.717, 1.165) is 0 Å². The Morgan fingerprint density at radius 1 is 0.640 bits per heavy atom. The summed E-state index contributed by atoms with van der Waals surface area (Å²) in [5.74, 6) is -13.3. The van der Waals surface area contributed by atoms with Crippen molar-refractivity contribution in [3.05, 3.63) is 52.6 Å². The van der Waals surface area contributed by atoms with Crippen LogP contribution in [0.2, 0.25) is 0 Å². The number of halogens is 11. The lowest BCUT2D eigenvalue weighted by Gasteiger charge is -2.16. The van der Waals surface area contributed by atoms with E-state index in [0.29, 0.717) is 0 Å². The third-order valence-electron chi connectivity index (χ3n) is 2.96. The summed E-state index contributed by atoms with van der Waals surface area (Å²) in [6.07, 6.45) is -11.1. The maximum Gasteiger partial charge on any atom is 0.433 e. The Balaban J connectivity index is 2.96. The van der Waals surface area contributed by atoms with Crippen LogP contribution in [0, 0.1) is 29.1 Å². The van der Waals surface area contributed by atoms with E-state index in [1.807, 2.05) is 0 Å². The van der Waals surface area contributed by atoms with Crippen molar-refractivity contribution in [1.82, 2.24) is 4.98 Å². The second-order valence-electron chi connectivity index (χ2n) is 4.56. The van der Waals surface area contributed by atoms with Crippen LogP contribution in [0.25, 0.3) is 11.1 Å². The van der Waals surface area contributed by atoms with Crippen molar-refractivity contribution in [3.8, 4) is 11.1 Å². The smallest absolute Gasteiger partial charge is 0.251 e. The van der Waals surface area contributed by atoms with Gasteiger partial charge in [0.1, 0.15) is 0 Å². The number of nitrogens with zero attached hydrogens (tertiary/aromatic N) is 1. The Bertz CT molecular complexity index is 806. The van der Waals surface area contributed by atoms with Gasteiger partial charge in [-0.25, -0.2) is 22.0 Å². The summed E-state index contributed by atoms with van der Waals surface area (Å²) in [5.41, 5.74) is -8.22. The van der Waals surface area contributed by atoms with Crippen molar-refractivity contribution < 1.29 is 48.3 Å². The Kier molecular flexibility index (Phi) is 4.43. The molecule has 0 unspecified atom stereocenters. The molecule has 0 atom stereocenters. The van der Waals surface area contributed by atoms with Gasteiger partial charge < -0.3 is 0 Å². The quantitative estimate of drug-likeness (QED) is 0.362. The molecule has 0 saturated carbocycles. The first-order chi connectivity index (χ1) is 11.3. The molecule has 1 nitrogen and oxygen atoms in total. The van der Waals surface area contributed by atoms with Crippen LogP contribution in [-0.4, -0.2) is 4.98 Å². The number of alkyl halides is 6. The van der Waals surface area contributed by atoms with E-state index in [-0.39, 0.29) is 6.20 Å². The van der Waals surface area contributed by atoms with Crippen molar-refractivity contribution in [2.75, 3.05) is 0 Å². The van der Waals surface area contributed by atoms with E-state index >= 15 is 0 Å². The Labute approximate surface area is 130 Å². The van der Waals surface area contributed by atoms with Crippen molar-refractivity contribution >= 4 is 0 Å². The molecule has 0 fully saturated rings. The zero-order valence-electron chi connectivity index (χ0n) is 11.3. The van der Waals surface area contributed by atoms with E-state index < -0.39 is 69.9 Å². The van der Waals surface area contributed by atoms with Crippen LogP contribution in [0.1, 0.15) is 11.3 Å². The van der Waals surface area contributed by atoms with Crippen LogP contribution in [-0.2, 0) is 12.4 Å². The normalized spacial score (nSPS) is 12.6. The summed E-state index contributed by atoms with van der Waals surface area (Å²) in [7, 11) is 0. The molecule has 0 aliphatic carbocycles. The summed E-state index contributed by atoms with van der Waals surface area (Å²) in [6.45, 7) is 0. The highest BCUT2D eigenvalue weighted by Crippen LogP contribution is 2.41. The van der Waals surface area contributed by atoms with Crippen LogP contribution in [0.3, 0.4) is 0 Å². The maximum atomic E-state index is 13.7. The second kappa shape index (κ2) is 5.85. The molecule has 0 spiro atoms. The Hall–Kier alpha value is -2.40. The van der Waals surface area contributed by atoms with Gasteiger partial charge in [0.15, 0.2) is 29.0 Å². The average molecular weight is 381 g/mol. The van der Waals surface area contributed by atoms with Gasteiger partial charge in [-0.3, -0.25) is 4.98 Å². The summed E-state index contributed by atoms with van der Waals surface area (Å²) >= 11 is 0. The average Bonchev–Trinajstić information content (AvgIpc) is 2.49. The van der Waals surface area contributed by atoms with Crippen molar-refractivity contribution in [1.29, 1.82) is 0 Å². The van der Waals surface area contributed by atoms with Crippen molar-refractivity contribution in [2.45, 2.75) is 12.4 Å². The number of pyridine rings is 1. The first-order valence-electron chi connectivity index (χ1n) is 5.93. The van der Waals surface area contributed by atoms with Gasteiger partial charge in [-0.15, -0.1) is 0 Å². The largest absolute Gasteiger partial charge is 0.433 e. The molecule has 0 saturated heterocycles. The zero-order chi connectivity index (χ0) is 19.3. The second-order valence-corrected chi connectivity index (χ2v) is 4.56. The van der Waals surface area contributed by atoms with E-state index in [2.05, 4.69) is 4.98 Å². The molecule has 25 heavy (non-hydrogen) atoms. The van der Waals surface area contributed by atoms with Crippen LogP contribution < -0.4 is 0 Å². The monoisotopic (exact) mass is 381 g/mol. The highest BCUT2D eigenvalue weighted by molar-refractivity contribution is 5.69. The topological polar surface area (TPSA) is 12.9 Å². The van der Waals surface area contributed by atoms with Crippen LogP contribution in [0.15, 0.2) is 12.3 Å². The van der Waals surface area contributed by atoms with Gasteiger partial charge in [0.25, 0.3) is 0 Å². The first-order valence-corrected chi connectivity index (χ1v) is 5.93. The summed E-state index contributed by atoms with van der Waals surface area (Å²) in [6, 6.07) is -0.395. The highest BCUT2D eigenvalue weighted by Gasteiger charge is 2.41. The molecule has 2 aromatic rings. The first kappa shape index (κ1) is 18.9. The Morgan fingerprint density at radius 3 is 1.48 bits per heavy atom. The minimum Gasteiger partial charge on any atom is -0.251 e. The van der Waals surface area contributed by atoms with Crippen LogP contribution in [0.5, 0.6) is 0 Å². The van der Waals surface area contributed by atoms with E-state index in [1.54, 1.807) is 0 Å². The van der Waals surface area contributed by atoms with Gasteiger partial charge >= 0.3 is 12.4 Å².